The fraction of sp³-hybridized carbons (Fsp3) is 0.600. The van der Waals surface area contributed by atoms with Gasteiger partial charge in [0.25, 0.3) is 0 Å². The van der Waals surface area contributed by atoms with Crippen LogP contribution in [0, 0.1) is 0 Å². The summed E-state index contributed by atoms with van der Waals surface area (Å²) in [7, 11) is 1.80. The first-order chi connectivity index (χ1) is 8.83. The molecule has 0 radical (unpaired) electrons. The van der Waals surface area contributed by atoms with Crippen molar-refractivity contribution in [1.29, 1.82) is 0 Å². The molecule has 2 unspecified atom stereocenters. The molecule has 2 rings (SSSR count). The van der Waals surface area contributed by atoms with Crippen LogP contribution in [0.1, 0.15) is 18.4 Å². The number of hydrogen-bond acceptors (Lipinski definition) is 3. The molecule has 0 aromatic heterocycles. The van der Waals surface area contributed by atoms with E-state index in [1.165, 1.54) is 5.56 Å². The lowest BCUT2D eigenvalue weighted by Gasteiger charge is -2.38. The summed E-state index contributed by atoms with van der Waals surface area (Å²) in [6.45, 7) is 2.93. The maximum absolute atomic E-state index is 5.88. The highest BCUT2D eigenvalue weighted by Gasteiger charge is 2.26. The van der Waals surface area contributed by atoms with Crippen LogP contribution in [0.3, 0.4) is 0 Å². The summed E-state index contributed by atoms with van der Waals surface area (Å²) >= 11 is 0. The summed E-state index contributed by atoms with van der Waals surface area (Å²) in [5, 5.41) is 0. The number of likely N-dealkylation sites (tertiary alicyclic amines) is 1. The number of rotatable bonds is 5. The number of hydrogen-bond donors (Lipinski definition) is 1. The molecule has 2 atom stereocenters. The molecule has 0 amide bonds. The Bertz CT molecular complexity index is 342. The average molecular weight is 248 g/mol. The molecule has 1 saturated heterocycles. The lowest BCUT2D eigenvalue weighted by molar-refractivity contribution is 0.0138. The number of piperidine rings is 1. The SMILES string of the molecule is COC1CCN(CCc2ccccc2)C(CN)C1. The van der Waals surface area contributed by atoms with E-state index in [2.05, 4.69) is 35.2 Å². The van der Waals surface area contributed by atoms with Crippen LogP contribution in [0.2, 0.25) is 0 Å². The average Bonchev–Trinajstić information content (AvgIpc) is 2.46. The fourth-order valence-corrected chi connectivity index (χ4v) is 2.73. The van der Waals surface area contributed by atoms with Gasteiger partial charge in [-0.15, -0.1) is 0 Å². The predicted octanol–water partition coefficient (Wildman–Crippen LogP) is 1.67. The van der Waals surface area contributed by atoms with Gasteiger partial charge in [0.05, 0.1) is 6.10 Å². The molecule has 0 bridgehead atoms. The first-order valence-electron chi connectivity index (χ1n) is 6.84. The van der Waals surface area contributed by atoms with Crippen LogP contribution in [0.25, 0.3) is 0 Å². The van der Waals surface area contributed by atoms with Gasteiger partial charge in [-0.3, -0.25) is 4.90 Å². The Morgan fingerprint density at radius 3 is 2.78 bits per heavy atom. The van der Waals surface area contributed by atoms with E-state index in [-0.39, 0.29) is 0 Å². The Morgan fingerprint density at radius 2 is 2.11 bits per heavy atom. The van der Waals surface area contributed by atoms with Crippen LogP contribution in [0.15, 0.2) is 30.3 Å². The Morgan fingerprint density at radius 1 is 1.33 bits per heavy atom. The Kier molecular flexibility index (Phi) is 5.17. The van der Waals surface area contributed by atoms with Crippen LogP contribution in [0.4, 0.5) is 0 Å². The minimum atomic E-state index is 0.395. The minimum absolute atomic E-state index is 0.395. The predicted molar refractivity (Wildman–Crippen MR) is 74.6 cm³/mol. The van der Waals surface area contributed by atoms with E-state index in [1.54, 1.807) is 7.11 Å². The van der Waals surface area contributed by atoms with Crippen molar-refractivity contribution in [3.8, 4) is 0 Å². The maximum Gasteiger partial charge on any atom is 0.0599 e. The van der Waals surface area contributed by atoms with Crippen molar-refractivity contribution in [2.75, 3.05) is 26.7 Å². The van der Waals surface area contributed by atoms with Crippen molar-refractivity contribution in [2.24, 2.45) is 5.73 Å². The third-order valence-electron chi connectivity index (χ3n) is 3.93. The van der Waals surface area contributed by atoms with E-state index in [4.69, 9.17) is 10.5 Å². The summed E-state index contributed by atoms with van der Waals surface area (Å²) in [5.74, 6) is 0. The number of benzene rings is 1. The highest BCUT2D eigenvalue weighted by atomic mass is 16.5. The van der Waals surface area contributed by atoms with Crippen LogP contribution >= 0.6 is 0 Å². The van der Waals surface area contributed by atoms with Gasteiger partial charge in [-0.2, -0.15) is 0 Å². The van der Waals surface area contributed by atoms with Crippen molar-refractivity contribution in [2.45, 2.75) is 31.4 Å². The summed E-state index contributed by atoms with van der Waals surface area (Å²) in [6.07, 6.45) is 3.70. The van der Waals surface area contributed by atoms with Gasteiger partial charge in [0.2, 0.25) is 0 Å². The highest BCUT2D eigenvalue weighted by Crippen LogP contribution is 2.19. The number of nitrogens with zero attached hydrogens (tertiary/aromatic N) is 1. The zero-order chi connectivity index (χ0) is 12.8. The molecule has 3 heteroatoms. The number of nitrogens with two attached hydrogens (primary N) is 1. The number of ether oxygens (including phenoxy) is 1. The van der Waals surface area contributed by atoms with Gasteiger partial charge >= 0.3 is 0 Å². The smallest absolute Gasteiger partial charge is 0.0599 e. The van der Waals surface area contributed by atoms with Crippen LogP contribution in [-0.4, -0.2) is 43.8 Å². The van der Waals surface area contributed by atoms with Crippen LogP contribution in [-0.2, 0) is 11.2 Å². The quantitative estimate of drug-likeness (QED) is 0.861. The molecule has 1 aliphatic rings. The van der Waals surface area contributed by atoms with Crippen molar-refractivity contribution in [1.82, 2.24) is 4.90 Å². The van der Waals surface area contributed by atoms with Crippen LogP contribution in [0.5, 0.6) is 0 Å². The highest BCUT2D eigenvalue weighted by molar-refractivity contribution is 5.14. The van der Waals surface area contributed by atoms with Crippen molar-refractivity contribution in [3.05, 3.63) is 35.9 Å². The Hall–Kier alpha value is -0.900. The molecule has 0 saturated carbocycles. The molecule has 1 heterocycles. The van der Waals surface area contributed by atoms with Gasteiger partial charge in [0.15, 0.2) is 0 Å². The monoisotopic (exact) mass is 248 g/mol. The largest absolute Gasteiger partial charge is 0.381 e. The standard InChI is InChI=1S/C15H24N2O/c1-18-15-8-10-17(14(11-15)12-16)9-7-13-5-3-2-4-6-13/h2-6,14-15H,7-12,16H2,1H3. The number of methoxy groups -OCH3 is 1. The molecule has 1 fully saturated rings. The van der Waals surface area contributed by atoms with E-state index >= 15 is 0 Å². The minimum Gasteiger partial charge on any atom is -0.381 e. The summed E-state index contributed by atoms with van der Waals surface area (Å²) in [4.78, 5) is 2.52. The molecule has 2 N–H and O–H groups in total. The summed E-state index contributed by atoms with van der Waals surface area (Å²) in [5.41, 5.74) is 7.29. The molecule has 1 aliphatic heterocycles. The van der Waals surface area contributed by atoms with Gasteiger partial charge in [-0.25, -0.2) is 0 Å². The Balaban J connectivity index is 1.85. The molecular formula is C15H24N2O. The first kappa shape index (κ1) is 13.5. The molecule has 0 spiro atoms. The van der Waals surface area contributed by atoms with Crippen LogP contribution < -0.4 is 5.73 Å². The fourth-order valence-electron chi connectivity index (χ4n) is 2.73. The summed E-state index contributed by atoms with van der Waals surface area (Å²) < 4.78 is 5.45. The van der Waals surface area contributed by atoms with Crippen molar-refractivity contribution in [3.63, 3.8) is 0 Å². The van der Waals surface area contributed by atoms with E-state index in [1.807, 2.05) is 0 Å². The maximum atomic E-state index is 5.88. The lowest BCUT2D eigenvalue weighted by Crippen LogP contribution is -2.49. The first-order valence-corrected chi connectivity index (χ1v) is 6.84. The van der Waals surface area contributed by atoms with E-state index in [0.29, 0.717) is 12.1 Å². The second-order valence-corrected chi connectivity index (χ2v) is 5.04. The van der Waals surface area contributed by atoms with Gasteiger partial charge in [-0.1, -0.05) is 30.3 Å². The second-order valence-electron chi connectivity index (χ2n) is 5.04. The van der Waals surface area contributed by atoms with Gasteiger partial charge in [-0.05, 0) is 24.8 Å². The molecule has 1 aromatic carbocycles. The zero-order valence-corrected chi connectivity index (χ0v) is 11.2. The van der Waals surface area contributed by atoms with E-state index in [0.717, 1.165) is 38.9 Å². The van der Waals surface area contributed by atoms with E-state index in [9.17, 15) is 0 Å². The third-order valence-corrected chi connectivity index (χ3v) is 3.93. The lowest BCUT2D eigenvalue weighted by atomic mass is 9.98. The Labute approximate surface area is 110 Å². The molecule has 3 nitrogen and oxygen atoms in total. The normalized spacial score (nSPS) is 25.2. The molecule has 0 aliphatic carbocycles. The van der Waals surface area contributed by atoms with Crippen molar-refractivity contribution >= 4 is 0 Å². The third kappa shape index (κ3) is 3.55. The molecule has 100 valence electrons. The molecule has 18 heavy (non-hydrogen) atoms. The zero-order valence-electron chi connectivity index (χ0n) is 11.2. The molecular weight excluding hydrogens is 224 g/mol. The van der Waals surface area contributed by atoms with Gasteiger partial charge in [0, 0.05) is 32.8 Å². The van der Waals surface area contributed by atoms with Crippen molar-refractivity contribution < 1.29 is 4.74 Å². The second kappa shape index (κ2) is 6.88. The van der Waals surface area contributed by atoms with Gasteiger partial charge < -0.3 is 10.5 Å². The van der Waals surface area contributed by atoms with Gasteiger partial charge in [0.1, 0.15) is 0 Å². The summed E-state index contributed by atoms with van der Waals surface area (Å²) in [6, 6.07) is 11.1. The topological polar surface area (TPSA) is 38.5 Å². The van der Waals surface area contributed by atoms with E-state index < -0.39 is 0 Å². The molecule has 1 aromatic rings.